The average Bonchev–Trinajstić information content (AvgIpc) is 2.16. The molecule has 0 saturated heterocycles. The third-order valence-corrected chi connectivity index (χ3v) is 5.19. The minimum absolute atomic E-state index is 0.607. The maximum atomic E-state index is 6.44. The molecule has 0 radical (unpaired) electrons. The fraction of sp³-hybridized carbons (Fsp3) is 0.750. The van der Waals surface area contributed by atoms with Gasteiger partial charge in [0.2, 0.25) is 18.6 Å². The van der Waals surface area contributed by atoms with Gasteiger partial charge in [0.05, 0.1) is 0 Å². The van der Waals surface area contributed by atoms with E-state index in [-0.39, 0.29) is 0 Å². The van der Waals surface area contributed by atoms with Crippen molar-refractivity contribution in [3.63, 3.8) is 0 Å². The highest BCUT2D eigenvalue weighted by Crippen LogP contribution is 2.59. The van der Waals surface area contributed by atoms with Crippen molar-refractivity contribution in [1.82, 2.24) is 14.5 Å². The molecule has 1 heterocycles. The minimum Gasteiger partial charge on any atom is -0.347 e. The second-order valence-corrected chi connectivity index (χ2v) is 7.59. The molecule has 0 saturated carbocycles. The molecule has 0 spiro atoms. The van der Waals surface area contributed by atoms with Gasteiger partial charge in [0.25, 0.3) is 0 Å². The van der Waals surface area contributed by atoms with Crippen LogP contribution in [0.4, 0.5) is 0 Å². The Morgan fingerprint density at radius 1 is 0.938 bits per heavy atom. The van der Waals surface area contributed by atoms with Crippen molar-refractivity contribution in [2.45, 2.75) is 0 Å². The molecule has 1 rings (SSSR count). The highest BCUT2D eigenvalue weighted by Gasteiger charge is 2.26. The second kappa shape index (κ2) is 4.73. The Balaban J connectivity index is 3.28. The van der Waals surface area contributed by atoms with Crippen LogP contribution in [0.25, 0.3) is 0 Å². The summed E-state index contributed by atoms with van der Waals surface area (Å²) in [6.07, 6.45) is 0. The number of guanidine groups is 2. The van der Waals surface area contributed by atoms with Gasteiger partial charge < -0.3 is 9.80 Å². The molecular formula is C8H18ClN6P. The van der Waals surface area contributed by atoms with Crippen LogP contribution in [0.5, 0.6) is 0 Å². The van der Waals surface area contributed by atoms with E-state index in [1.807, 2.05) is 56.8 Å². The van der Waals surface area contributed by atoms with E-state index in [0.717, 1.165) is 0 Å². The summed E-state index contributed by atoms with van der Waals surface area (Å²) in [5, 5.41) is 0. The van der Waals surface area contributed by atoms with Crippen LogP contribution in [0, 0.1) is 0 Å². The Hall–Kier alpha value is -0.580. The third kappa shape index (κ3) is 2.75. The maximum Gasteiger partial charge on any atom is 0.240 e. The zero-order chi connectivity index (χ0) is 12.5. The van der Waals surface area contributed by atoms with Gasteiger partial charge in [0.1, 0.15) is 0 Å². The van der Waals surface area contributed by atoms with Crippen LogP contribution in [0.15, 0.2) is 14.5 Å². The van der Waals surface area contributed by atoms with E-state index in [2.05, 4.69) is 14.5 Å². The Morgan fingerprint density at radius 3 is 1.81 bits per heavy atom. The predicted octanol–water partition coefficient (Wildman–Crippen LogP) is 1.58. The first kappa shape index (κ1) is 13.5. The van der Waals surface area contributed by atoms with Crippen LogP contribution < -0.4 is 0 Å². The topological polar surface area (TPSA) is 46.8 Å². The normalized spacial score (nSPS) is 24.8. The van der Waals surface area contributed by atoms with Gasteiger partial charge in [-0.25, -0.2) is 4.67 Å². The van der Waals surface area contributed by atoms with Crippen LogP contribution >= 0.6 is 17.9 Å². The van der Waals surface area contributed by atoms with Crippen LogP contribution in [0.3, 0.4) is 0 Å². The van der Waals surface area contributed by atoms with E-state index in [1.54, 1.807) is 0 Å². The summed E-state index contributed by atoms with van der Waals surface area (Å²) in [7, 11) is 11.3. The van der Waals surface area contributed by atoms with E-state index in [9.17, 15) is 0 Å². The van der Waals surface area contributed by atoms with Crippen LogP contribution in [0.1, 0.15) is 0 Å². The first-order valence-corrected chi connectivity index (χ1v) is 7.35. The van der Waals surface area contributed by atoms with Crippen molar-refractivity contribution >= 4 is 29.9 Å². The van der Waals surface area contributed by atoms with Crippen molar-refractivity contribution in [2.75, 3.05) is 42.3 Å². The third-order valence-electron chi connectivity index (χ3n) is 1.94. The molecule has 0 fully saturated rings. The molecule has 1 unspecified atom stereocenters. The van der Waals surface area contributed by atoms with Crippen molar-refractivity contribution in [3.05, 3.63) is 0 Å². The molecule has 8 heteroatoms. The summed E-state index contributed by atoms with van der Waals surface area (Å²) in [6, 6.07) is 0. The molecule has 0 aromatic carbocycles. The van der Waals surface area contributed by atoms with Gasteiger partial charge in [0, 0.05) is 28.2 Å². The molecule has 1 atom stereocenters. The molecule has 1 aliphatic heterocycles. The van der Waals surface area contributed by atoms with Crippen molar-refractivity contribution < 1.29 is 0 Å². The summed E-state index contributed by atoms with van der Waals surface area (Å²) in [5.74, 6) is 1.21. The maximum absolute atomic E-state index is 6.44. The number of hydrogen-bond donors (Lipinski definition) is 0. The molecule has 16 heavy (non-hydrogen) atoms. The lowest BCUT2D eigenvalue weighted by Crippen LogP contribution is -2.29. The molecule has 0 N–H and O–H groups in total. The lowest BCUT2D eigenvalue weighted by molar-refractivity contribution is 0.591. The van der Waals surface area contributed by atoms with Gasteiger partial charge in [-0.2, -0.15) is 14.5 Å². The van der Waals surface area contributed by atoms with E-state index >= 15 is 0 Å². The fourth-order valence-electron chi connectivity index (χ4n) is 0.942. The molecular weight excluding hydrogens is 247 g/mol. The minimum atomic E-state index is -2.35. The SMILES string of the molecule is CN(C)C1=NC(N(C)C)=NP(Cl)(N(C)C)=N1. The number of nitrogens with zero attached hydrogens (tertiary/aromatic N) is 6. The fourth-order valence-corrected chi connectivity index (χ4v) is 2.65. The van der Waals surface area contributed by atoms with E-state index < -0.39 is 6.71 Å². The molecule has 1 aliphatic rings. The lowest BCUT2D eigenvalue weighted by Gasteiger charge is -2.27. The standard InChI is InChI=1S/C8H18ClN6P/c1-13(2)7-10-8(14(3)4)12-16(9,11-7)15(5)6/h1-6H3. The molecule has 0 aromatic rings. The zero-order valence-electron chi connectivity index (χ0n) is 10.5. The summed E-state index contributed by atoms with van der Waals surface area (Å²) in [6.45, 7) is -2.35. The number of aliphatic imine (C=N–C) groups is 1. The summed E-state index contributed by atoms with van der Waals surface area (Å²) >= 11 is 6.44. The molecule has 0 aliphatic carbocycles. The zero-order valence-corrected chi connectivity index (χ0v) is 12.2. The van der Waals surface area contributed by atoms with E-state index in [4.69, 9.17) is 11.2 Å². The highest BCUT2D eigenvalue weighted by atomic mass is 35.7. The first-order chi connectivity index (χ1) is 7.26. The Labute approximate surface area is 102 Å². The van der Waals surface area contributed by atoms with Gasteiger partial charge in [-0.05, 0) is 25.3 Å². The van der Waals surface area contributed by atoms with Crippen molar-refractivity contribution in [1.29, 1.82) is 0 Å². The summed E-state index contributed by atoms with van der Waals surface area (Å²) in [4.78, 5) is 7.99. The van der Waals surface area contributed by atoms with Gasteiger partial charge in [-0.15, -0.1) is 0 Å². The van der Waals surface area contributed by atoms with Crippen molar-refractivity contribution in [3.8, 4) is 0 Å². The Morgan fingerprint density at radius 2 is 1.44 bits per heavy atom. The van der Waals surface area contributed by atoms with Gasteiger partial charge in [-0.1, -0.05) is 0 Å². The Kier molecular flexibility index (Phi) is 3.99. The predicted molar refractivity (Wildman–Crippen MR) is 71.1 cm³/mol. The average molecular weight is 265 g/mol. The van der Waals surface area contributed by atoms with E-state index in [1.165, 1.54) is 0 Å². The van der Waals surface area contributed by atoms with Crippen LogP contribution in [-0.4, -0.2) is 68.7 Å². The first-order valence-electron chi connectivity index (χ1n) is 4.79. The van der Waals surface area contributed by atoms with Crippen LogP contribution in [-0.2, 0) is 0 Å². The number of hydrogen-bond acceptors (Lipinski definition) is 6. The molecule has 0 aromatic heterocycles. The smallest absolute Gasteiger partial charge is 0.240 e. The molecule has 0 bridgehead atoms. The van der Waals surface area contributed by atoms with Crippen LogP contribution in [0.2, 0.25) is 0 Å². The largest absolute Gasteiger partial charge is 0.347 e. The lowest BCUT2D eigenvalue weighted by atomic mass is 10.7. The summed E-state index contributed by atoms with van der Waals surface area (Å²) in [5.41, 5.74) is 0. The monoisotopic (exact) mass is 264 g/mol. The molecule has 0 amide bonds. The number of halogens is 1. The Bertz CT molecular complexity index is 375. The van der Waals surface area contributed by atoms with Crippen molar-refractivity contribution in [2.24, 2.45) is 14.5 Å². The quantitative estimate of drug-likeness (QED) is 0.676. The highest BCUT2D eigenvalue weighted by molar-refractivity contribution is 7.88. The van der Waals surface area contributed by atoms with Gasteiger partial charge in [0.15, 0.2) is 0 Å². The second-order valence-electron chi connectivity index (χ2n) is 4.04. The molecule has 6 nitrogen and oxygen atoms in total. The summed E-state index contributed by atoms with van der Waals surface area (Å²) < 4.78 is 10.7. The van der Waals surface area contributed by atoms with E-state index in [0.29, 0.717) is 11.9 Å². The van der Waals surface area contributed by atoms with Gasteiger partial charge in [-0.3, -0.25) is 0 Å². The van der Waals surface area contributed by atoms with Gasteiger partial charge >= 0.3 is 0 Å². The number of rotatable bonds is 1. The molecule has 92 valence electrons.